The average Bonchev–Trinajstić information content (AvgIpc) is 3.81. The summed E-state index contributed by atoms with van der Waals surface area (Å²) in [5.41, 5.74) is 4.10. The maximum atomic E-state index is 9.20. The molecule has 3 heterocycles. The van der Waals surface area contributed by atoms with Gasteiger partial charge in [0.15, 0.2) is 17.5 Å². The molecule has 0 bridgehead atoms. The summed E-state index contributed by atoms with van der Waals surface area (Å²) in [7, 11) is 0. The van der Waals surface area contributed by atoms with E-state index in [2.05, 4.69) is 6.07 Å². The van der Waals surface area contributed by atoms with Gasteiger partial charge in [-0.05, 0) is 52.9 Å². The van der Waals surface area contributed by atoms with Gasteiger partial charge in [-0.1, -0.05) is 115 Å². The van der Waals surface area contributed by atoms with Gasteiger partial charge in [0, 0.05) is 43.6 Å². The summed E-state index contributed by atoms with van der Waals surface area (Å²) in [6.07, 6.45) is 0. The van der Waals surface area contributed by atoms with E-state index >= 15 is 0 Å². The number of hydrogen-bond donors (Lipinski definition) is 0. The normalized spacial score (nSPS) is 14.4. The molecule has 0 aliphatic carbocycles. The van der Waals surface area contributed by atoms with Crippen LogP contribution in [0, 0.1) is 0 Å². The smallest absolute Gasteiger partial charge is 0.164 e. The maximum absolute atomic E-state index is 9.20. The van der Waals surface area contributed by atoms with Crippen LogP contribution in [0.5, 0.6) is 0 Å². The molecule has 0 aliphatic rings. The molecule has 10 aromatic rings. The summed E-state index contributed by atoms with van der Waals surface area (Å²) in [5.74, 6) is 0.379. The highest BCUT2D eigenvalue weighted by Gasteiger charge is 2.19. The second-order valence-electron chi connectivity index (χ2n) is 11.3. The Morgan fingerprint density at radius 2 is 1.10 bits per heavy atom. The number of hydrogen-bond acceptors (Lipinski definition) is 5. The first kappa shape index (κ1) is 19.2. The van der Waals surface area contributed by atoms with Crippen LogP contribution in [0.3, 0.4) is 0 Å². The molecule has 10 rings (SSSR count). The van der Waals surface area contributed by atoms with Crippen LogP contribution in [0.25, 0.3) is 99.9 Å². The Balaban J connectivity index is 1.25. The van der Waals surface area contributed by atoms with Crippen molar-refractivity contribution >= 4 is 54.6 Å². The molecule has 0 aliphatic heterocycles. The summed E-state index contributed by atoms with van der Waals surface area (Å²) in [4.78, 5) is 14.5. The minimum absolute atomic E-state index is 0.00179. The van der Waals surface area contributed by atoms with E-state index in [4.69, 9.17) is 34.8 Å². The topological polar surface area (TPSA) is 65.0 Å². The number of furan rings is 2. The Morgan fingerprint density at radius 1 is 0.438 bits per heavy atom. The van der Waals surface area contributed by atoms with Crippen LogP contribution >= 0.6 is 0 Å². The van der Waals surface area contributed by atoms with E-state index in [1.807, 2.05) is 91.0 Å². The lowest BCUT2D eigenvalue weighted by molar-refractivity contribution is 0.669. The molecule has 0 amide bonds. The van der Waals surface area contributed by atoms with Crippen molar-refractivity contribution in [2.75, 3.05) is 0 Å². The fraction of sp³-hybridized carbons (Fsp3) is 0. The molecule has 0 N–H and O–H groups in total. The largest absolute Gasteiger partial charge is 0.456 e. The van der Waals surface area contributed by atoms with Gasteiger partial charge in [-0.25, -0.2) is 15.0 Å². The molecule has 0 saturated carbocycles. The van der Waals surface area contributed by atoms with Gasteiger partial charge >= 0.3 is 0 Å². The third kappa shape index (κ3) is 4.22. The van der Waals surface area contributed by atoms with Gasteiger partial charge in [-0.15, -0.1) is 0 Å². The van der Waals surface area contributed by atoms with Crippen molar-refractivity contribution in [2.45, 2.75) is 0 Å². The Kier molecular flexibility index (Phi) is 4.18. The van der Waals surface area contributed by atoms with Crippen molar-refractivity contribution in [3.63, 3.8) is 0 Å². The second-order valence-corrected chi connectivity index (χ2v) is 11.3. The number of nitrogens with zero attached hydrogens (tertiary/aromatic N) is 3. The molecule has 0 fully saturated rings. The second kappa shape index (κ2) is 10.5. The maximum Gasteiger partial charge on any atom is 0.164 e. The van der Waals surface area contributed by atoms with Crippen LogP contribution in [0.4, 0.5) is 0 Å². The van der Waals surface area contributed by atoms with E-state index in [0.29, 0.717) is 22.3 Å². The van der Waals surface area contributed by atoms with E-state index in [0.717, 1.165) is 21.9 Å². The summed E-state index contributed by atoms with van der Waals surface area (Å²) in [5, 5.41) is 1.40. The van der Waals surface area contributed by atoms with E-state index in [9.17, 15) is 1.37 Å². The molecular weight excluding hydrogens is 590 g/mol. The van der Waals surface area contributed by atoms with Gasteiger partial charge in [0.1, 0.15) is 22.3 Å². The van der Waals surface area contributed by atoms with Crippen LogP contribution < -0.4 is 0 Å². The first-order valence-electron chi connectivity index (χ1n) is 19.7. The zero-order valence-corrected chi connectivity index (χ0v) is 24.9. The molecule has 0 spiro atoms. The highest BCUT2D eigenvalue weighted by molar-refractivity contribution is 6.18. The molecule has 5 nitrogen and oxygen atoms in total. The lowest BCUT2D eigenvalue weighted by Gasteiger charge is -2.09. The van der Waals surface area contributed by atoms with Gasteiger partial charge in [0.25, 0.3) is 0 Å². The van der Waals surface area contributed by atoms with Crippen molar-refractivity contribution in [1.29, 1.82) is 0 Å². The molecule has 0 unspecified atom stereocenters. The molecular formula is C43H25N3O2. The molecule has 224 valence electrons. The van der Waals surface area contributed by atoms with E-state index in [-0.39, 0.29) is 55.7 Å². The highest BCUT2D eigenvalue weighted by atomic mass is 16.3. The first-order valence-corrected chi connectivity index (χ1v) is 15.2. The van der Waals surface area contributed by atoms with Crippen molar-refractivity contribution in [2.24, 2.45) is 0 Å². The van der Waals surface area contributed by atoms with Crippen LogP contribution in [0.15, 0.2) is 160 Å². The molecule has 3 aromatic heterocycles. The van der Waals surface area contributed by atoms with Gasteiger partial charge in [-0.3, -0.25) is 0 Å². The van der Waals surface area contributed by atoms with Crippen LogP contribution in [-0.2, 0) is 0 Å². The van der Waals surface area contributed by atoms with Gasteiger partial charge in [-0.2, -0.15) is 0 Å². The first-order chi connectivity index (χ1) is 27.5. The van der Waals surface area contributed by atoms with Crippen molar-refractivity contribution in [3.05, 3.63) is 151 Å². The fourth-order valence-electron chi connectivity index (χ4n) is 6.19. The standard InChI is InChI=1S/C43H25N3O2/c1-3-10-26(11-4-1)29-19-21-32-33-22-20-30(25-38(33)47-37(32)24-29)42-44-41(28-13-5-2-6-14-28)45-43(46-42)35-16-9-17-36-39(35)34-23-18-27-12-7-8-15-31(27)40(34)48-36/h1-25H/i7D,8D,9D,12D,15D,16D,17D,18D,23D. The molecule has 7 aromatic carbocycles. The quantitative estimate of drug-likeness (QED) is 0.195. The third-order valence-corrected chi connectivity index (χ3v) is 8.48. The Hall–Kier alpha value is -6.59. The van der Waals surface area contributed by atoms with E-state index in [1.165, 1.54) is 0 Å². The van der Waals surface area contributed by atoms with E-state index < -0.39 is 54.4 Å². The summed E-state index contributed by atoms with van der Waals surface area (Å²) >= 11 is 0. The minimum Gasteiger partial charge on any atom is -0.456 e. The zero-order chi connectivity index (χ0) is 39.4. The summed E-state index contributed by atoms with van der Waals surface area (Å²) in [6.45, 7) is 0. The molecule has 48 heavy (non-hydrogen) atoms. The SMILES string of the molecule is [2H]c1c([2H])c(-c2nc(-c3ccccc3)nc(-c3ccc4c(c3)oc3cc(-c5ccccc5)ccc34)n2)c2c(oc3c4c([2H])c([2H])c([2H])c([2H])c4c([2H])c([2H])c32)c1[2H]. The summed E-state index contributed by atoms with van der Waals surface area (Å²) < 4.78 is 91.3. The molecule has 5 heteroatoms. The molecule has 0 atom stereocenters. The van der Waals surface area contributed by atoms with Gasteiger partial charge in [0.05, 0.1) is 12.3 Å². The lowest BCUT2D eigenvalue weighted by Crippen LogP contribution is -2.00. The van der Waals surface area contributed by atoms with Crippen LogP contribution in [0.2, 0.25) is 0 Å². The van der Waals surface area contributed by atoms with Crippen molar-refractivity contribution < 1.29 is 21.2 Å². The van der Waals surface area contributed by atoms with Crippen LogP contribution in [-0.4, -0.2) is 15.0 Å². The number of benzene rings is 7. The number of rotatable bonds is 4. The van der Waals surface area contributed by atoms with E-state index in [1.54, 1.807) is 0 Å². The van der Waals surface area contributed by atoms with Crippen molar-refractivity contribution in [1.82, 2.24) is 15.0 Å². The predicted octanol–water partition coefficient (Wildman–Crippen LogP) is 11.5. The Labute approximate surface area is 287 Å². The minimum atomic E-state index is -0.566. The monoisotopic (exact) mass is 624 g/mol. The average molecular weight is 625 g/mol. The summed E-state index contributed by atoms with van der Waals surface area (Å²) in [6, 6.07) is 26.4. The number of fused-ring (bicyclic) bond motifs is 8. The Bertz CT molecular complexity index is 3350. The van der Waals surface area contributed by atoms with Gasteiger partial charge in [0.2, 0.25) is 0 Å². The highest BCUT2D eigenvalue weighted by Crippen LogP contribution is 2.40. The van der Waals surface area contributed by atoms with Crippen molar-refractivity contribution in [3.8, 4) is 45.3 Å². The lowest BCUT2D eigenvalue weighted by atomic mass is 10.0. The number of aromatic nitrogens is 3. The molecule has 0 radical (unpaired) electrons. The Morgan fingerprint density at radius 3 is 1.90 bits per heavy atom. The van der Waals surface area contributed by atoms with Crippen LogP contribution in [0.1, 0.15) is 12.3 Å². The zero-order valence-electron chi connectivity index (χ0n) is 33.9. The van der Waals surface area contributed by atoms with Gasteiger partial charge < -0.3 is 8.83 Å². The molecule has 0 saturated heterocycles. The third-order valence-electron chi connectivity index (χ3n) is 8.48. The predicted molar refractivity (Wildman–Crippen MR) is 194 cm³/mol. The fourth-order valence-corrected chi connectivity index (χ4v) is 6.19.